The highest BCUT2D eigenvalue weighted by Crippen LogP contribution is 2.39. The van der Waals surface area contributed by atoms with E-state index in [0.717, 1.165) is 32.1 Å². The van der Waals surface area contributed by atoms with Crippen molar-refractivity contribution < 1.29 is 15.3 Å². The number of aliphatic hydroxyl groups is 3. The van der Waals surface area contributed by atoms with Crippen molar-refractivity contribution in [2.75, 3.05) is 0 Å². The predicted octanol–water partition coefficient (Wildman–Crippen LogP) is 4.04. The van der Waals surface area contributed by atoms with Gasteiger partial charge in [-0.2, -0.15) is 0 Å². The number of hydrogen-bond donors (Lipinski definition) is 3. The summed E-state index contributed by atoms with van der Waals surface area (Å²) in [6.07, 6.45) is 11.4. The second-order valence-electron chi connectivity index (χ2n) is 8.63. The van der Waals surface area contributed by atoms with E-state index in [4.69, 9.17) is 0 Å². The van der Waals surface area contributed by atoms with Crippen LogP contribution < -0.4 is 0 Å². The van der Waals surface area contributed by atoms with E-state index in [-0.39, 0.29) is 17.9 Å². The third-order valence-corrected chi connectivity index (χ3v) is 6.74. The maximum atomic E-state index is 10.7. The first kappa shape index (κ1) is 20.6. The van der Waals surface area contributed by atoms with E-state index < -0.39 is 12.2 Å². The van der Waals surface area contributed by atoms with Crippen molar-refractivity contribution in [3.63, 3.8) is 0 Å². The maximum absolute atomic E-state index is 10.7. The molecular weight excluding hydrogens is 336 g/mol. The lowest BCUT2D eigenvalue weighted by atomic mass is 9.84. The van der Waals surface area contributed by atoms with Gasteiger partial charge in [0.05, 0.1) is 18.3 Å². The van der Waals surface area contributed by atoms with Crippen molar-refractivity contribution in [3.05, 3.63) is 47.5 Å². The van der Waals surface area contributed by atoms with E-state index in [1.54, 1.807) is 0 Å². The Kier molecular flexibility index (Phi) is 7.51. The van der Waals surface area contributed by atoms with Crippen LogP contribution in [0.1, 0.15) is 63.0 Å². The number of hydrogen-bond acceptors (Lipinski definition) is 3. The van der Waals surface area contributed by atoms with Crippen LogP contribution in [0.4, 0.5) is 0 Å². The first-order valence-electron chi connectivity index (χ1n) is 10.9. The molecule has 2 aliphatic carbocycles. The highest BCUT2D eigenvalue weighted by molar-refractivity contribution is 5.32. The number of unbranched alkanes of at least 4 members (excludes halogenated alkanes) is 2. The summed E-state index contributed by atoms with van der Waals surface area (Å²) in [5, 5.41) is 31.5. The van der Waals surface area contributed by atoms with Gasteiger partial charge in [0.25, 0.3) is 0 Å². The summed E-state index contributed by atoms with van der Waals surface area (Å²) in [7, 11) is 0. The number of benzene rings is 1. The van der Waals surface area contributed by atoms with Gasteiger partial charge < -0.3 is 15.3 Å². The smallest absolute Gasteiger partial charge is 0.0599 e. The first-order chi connectivity index (χ1) is 13.1. The van der Waals surface area contributed by atoms with E-state index in [2.05, 4.69) is 43.3 Å². The predicted molar refractivity (Wildman–Crippen MR) is 109 cm³/mol. The Labute approximate surface area is 164 Å². The molecule has 5 atom stereocenters. The zero-order chi connectivity index (χ0) is 19.2. The second-order valence-corrected chi connectivity index (χ2v) is 8.63. The summed E-state index contributed by atoms with van der Waals surface area (Å²) >= 11 is 0. The van der Waals surface area contributed by atoms with Crippen LogP contribution in [0.15, 0.2) is 36.4 Å². The minimum atomic E-state index is -0.443. The maximum Gasteiger partial charge on any atom is 0.0599 e. The normalized spacial score (nSPS) is 29.5. The molecule has 0 spiro atoms. The van der Waals surface area contributed by atoms with Gasteiger partial charge in [0.1, 0.15) is 0 Å². The summed E-state index contributed by atoms with van der Waals surface area (Å²) < 4.78 is 0. The molecule has 0 saturated heterocycles. The average Bonchev–Trinajstić information content (AvgIpc) is 3.20. The Morgan fingerprint density at radius 3 is 2.37 bits per heavy atom. The molecule has 1 aromatic rings. The standard InChI is InChI=1S/C24H36O3/c1-2-3-4-5-6-11-20-21(24(27)16-23(20)26)12-13-22(25)19-14-17-9-7-8-10-18(17)15-19/h5-10,19-27H,2-4,11-16H2,1H3/b6-5-/t20-,21-,22-,23+,24-/m1/s1. The van der Waals surface area contributed by atoms with Crippen LogP contribution in [0.25, 0.3) is 0 Å². The third kappa shape index (κ3) is 5.22. The Hall–Kier alpha value is -1.16. The van der Waals surface area contributed by atoms with Crippen LogP contribution in [0.2, 0.25) is 0 Å². The minimum absolute atomic E-state index is 0.0919. The van der Waals surface area contributed by atoms with Crippen molar-refractivity contribution in [1.29, 1.82) is 0 Å². The molecule has 150 valence electrons. The van der Waals surface area contributed by atoms with Gasteiger partial charge in [0.15, 0.2) is 0 Å². The Balaban J connectivity index is 1.50. The second kappa shape index (κ2) is 9.86. The zero-order valence-electron chi connectivity index (χ0n) is 16.6. The molecule has 0 aliphatic heterocycles. The van der Waals surface area contributed by atoms with Crippen molar-refractivity contribution in [1.82, 2.24) is 0 Å². The molecule has 0 unspecified atom stereocenters. The van der Waals surface area contributed by atoms with E-state index in [1.165, 1.54) is 24.0 Å². The van der Waals surface area contributed by atoms with Crippen LogP contribution >= 0.6 is 0 Å². The van der Waals surface area contributed by atoms with E-state index in [0.29, 0.717) is 18.8 Å². The molecule has 3 rings (SSSR count). The molecule has 0 bridgehead atoms. The highest BCUT2D eigenvalue weighted by atomic mass is 16.3. The van der Waals surface area contributed by atoms with E-state index in [9.17, 15) is 15.3 Å². The lowest BCUT2D eigenvalue weighted by molar-refractivity contribution is 0.0660. The lowest BCUT2D eigenvalue weighted by Crippen LogP contribution is -2.26. The summed E-state index contributed by atoms with van der Waals surface area (Å²) in [5.74, 6) is 0.498. The molecule has 1 saturated carbocycles. The van der Waals surface area contributed by atoms with Gasteiger partial charge in [-0.1, -0.05) is 56.2 Å². The molecule has 3 heteroatoms. The number of fused-ring (bicyclic) bond motifs is 1. The van der Waals surface area contributed by atoms with Crippen LogP contribution in [-0.4, -0.2) is 33.6 Å². The third-order valence-electron chi connectivity index (χ3n) is 6.74. The Bertz CT molecular complexity index is 586. The Morgan fingerprint density at radius 1 is 1.04 bits per heavy atom. The number of aliphatic hydroxyl groups excluding tert-OH is 3. The van der Waals surface area contributed by atoms with Gasteiger partial charge in [-0.05, 0) is 73.8 Å². The molecule has 27 heavy (non-hydrogen) atoms. The summed E-state index contributed by atoms with van der Waals surface area (Å²) in [5.41, 5.74) is 2.74. The van der Waals surface area contributed by atoms with Crippen molar-refractivity contribution in [3.8, 4) is 0 Å². The van der Waals surface area contributed by atoms with Gasteiger partial charge in [-0.3, -0.25) is 0 Å². The van der Waals surface area contributed by atoms with Gasteiger partial charge >= 0.3 is 0 Å². The van der Waals surface area contributed by atoms with Gasteiger partial charge in [-0.25, -0.2) is 0 Å². The molecule has 3 N–H and O–H groups in total. The van der Waals surface area contributed by atoms with E-state index >= 15 is 0 Å². The zero-order valence-corrected chi connectivity index (χ0v) is 16.6. The van der Waals surface area contributed by atoms with Crippen LogP contribution in [-0.2, 0) is 12.8 Å². The summed E-state index contributed by atoms with van der Waals surface area (Å²) in [6, 6.07) is 8.48. The monoisotopic (exact) mass is 372 g/mol. The van der Waals surface area contributed by atoms with Crippen LogP contribution in [0, 0.1) is 17.8 Å². The van der Waals surface area contributed by atoms with Crippen molar-refractivity contribution >= 4 is 0 Å². The molecule has 1 fully saturated rings. The molecule has 0 amide bonds. The topological polar surface area (TPSA) is 60.7 Å². The van der Waals surface area contributed by atoms with Crippen molar-refractivity contribution in [2.45, 2.75) is 83.0 Å². The summed E-state index contributed by atoms with van der Waals surface area (Å²) in [4.78, 5) is 0. The van der Waals surface area contributed by atoms with Gasteiger partial charge in [0, 0.05) is 0 Å². The fourth-order valence-electron chi connectivity index (χ4n) is 5.06. The quantitative estimate of drug-likeness (QED) is 0.453. The van der Waals surface area contributed by atoms with Crippen molar-refractivity contribution in [2.24, 2.45) is 17.8 Å². The van der Waals surface area contributed by atoms with Gasteiger partial charge in [-0.15, -0.1) is 0 Å². The van der Waals surface area contributed by atoms with Crippen LogP contribution in [0.5, 0.6) is 0 Å². The first-order valence-corrected chi connectivity index (χ1v) is 10.9. The molecule has 2 aliphatic rings. The SMILES string of the molecule is CCCC/C=C\C[C@@H]1[C@@H](CC[C@@H](O)C2Cc3ccccc3C2)[C@H](O)C[C@@H]1O. The fraction of sp³-hybridized carbons (Fsp3) is 0.667. The van der Waals surface area contributed by atoms with Crippen LogP contribution in [0.3, 0.4) is 0 Å². The average molecular weight is 373 g/mol. The Morgan fingerprint density at radius 2 is 1.70 bits per heavy atom. The largest absolute Gasteiger partial charge is 0.393 e. The molecule has 3 nitrogen and oxygen atoms in total. The highest BCUT2D eigenvalue weighted by Gasteiger charge is 2.41. The molecule has 0 aromatic heterocycles. The molecule has 0 radical (unpaired) electrons. The molecule has 1 aromatic carbocycles. The minimum Gasteiger partial charge on any atom is -0.393 e. The molecular formula is C24H36O3. The fourth-order valence-corrected chi connectivity index (χ4v) is 5.06. The molecule has 0 heterocycles. The van der Waals surface area contributed by atoms with Gasteiger partial charge in [0.2, 0.25) is 0 Å². The number of rotatable bonds is 9. The van der Waals surface area contributed by atoms with E-state index in [1.807, 2.05) is 0 Å². The number of allylic oxidation sites excluding steroid dienone is 2. The summed E-state index contributed by atoms with van der Waals surface area (Å²) in [6.45, 7) is 2.19. The lowest BCUT2D eigenvalue weighted by Gasteiger charge is -2.25.